The molecule has 1 fully saturated rings. The van der Waals surface area contributed by atoms with Crippen LogP contribution in [0.3, 0.4) is 0 Å². The molecule has 1 saturated heterocycles. The molecule has 1 heterocycles. The summed E-state index contributed by atoms with van der Waals surface area (Å²) in [6.45, 7) is 6.11. The van der Waals surface area contributed by atoms with Gasteiger partial charge in [-0.2, -0.15) is 0 Å². The average molecular weight is 319 g/mol. The molecule has 2 N–H and O–H groups in total. The van der Waals surface area contributed by atoms with E-state index in [4.69, 9.17) is 5.11 Å². The molecule has 1 aliphatic rings. The fourth-order valence-corrected chi connectivity index (χ4v) is 3.68. The molecule has 1 aliphatic heterocycles. The Bertz CT molecular complexity index is 572. The SMILES string of the molecule is CCC(CC)C1CCN(c2ccc(C(=O)O)cc2C(=O)O)CC1. The van der Waals surface area contributed by atoms with Crippen LogP contribution in [0.4, 0.5) is 5.69 Å². The van der Waals surface area contributed by atoms with Gasteiger partial charge in [-0.25, -0.2) is 9.59 Å². The van der Waals surface area contributed by atoms with Gasteiger partial charge in [0.05, 0.1) is 16.8 Å². The molecular formula is C18H25NO4. The summed E-state index contributed by atoms with van der Waals surface area (Å²) in [5.74, 6) is -0.741. The number of carbonyl (C=O) groups is 2. The Morgan fingerprint density at radius 1 is 1.13 bits per heavy atom. The summed E-state index contributed by atoms with van der Waals surface area (Å²) in [4.78, 5) is 24.6. The van der Waals surface area contributed by atoms with Crippen molar-refractivity contribution in [3.8, 4) is 0 Å². The second-order valence-electron chi connectivity index (χ2n) is 6.24. The summed E-state index contributed by atoms with van der Waals surface area (Å²) in [6, 6.07) is 4.37. The van der Waals surface area contributed by atoms with Crippen molar-refractivity contribution < 1.29 is 19.8 Å². The average Bonchev–Trinajstić information content (AvgIpc) is 2.56. The third-order valence-electron chi connectivity index (χ3n) is 5.07. The van der Waals surface area contributed by atoms with Crippen LogP contribution in [0.2, 0.25) is 0 Å². The first-order chi connectivity index (χ1) is 11.0. The van der Waals surface area contributed by atoms with Gasteiger partial charge in [-0.3, -0.25) is 0 Å². The Morgan fingerprint density at radius 3 is 2.22 bits per heavy atom. The molecule has 126 valence electrons. The van der Waals surface area contributed by atoms with E-state index in [2.05, 4.69) is 18.7 Å². The summed E-state index contributed by atoms with van der Waals surface area (Å²) < 4.78 is 0. The molecule has 0 aromatic heterocycles. The van der Waals surface area contributed by atoms with E-state index in [0.29, 0.717) is 11.6 Å². The minimum absolute atomic E-state index is 0.0121. The number of carboxylic acid groups (broad SMARTS) is 2. The van der Waals surface area contributed by atoms with E-state index in [1.807, 2.05) is 0 Å². The summed E-state index contributed by atoms with van der Waals surface area (Å²) in [7, 11) is 0. The molecule has 5 heteroatoms. The summed E-state index contributed by atoms with van der Waals surface area (Å²) in [5, 5.41) is 18.4. The molecule has 5 nitrogen and oxygen atoms in total. The van der Waals surface area contributed by atoms with Crippen molar-refractivity contribution in [3.05, 3.63) is 29.3 Å². The monoisotopic (exact) mass is 319 g/mol. The number of hydrogen-bond acceptors (Lipinski definition) is 3. The molecule has 0 unspecified atom stereocenters. The highest BCUT2D eigenvalue weighted by Crippen LogP contribution is 2.33. The lowest BCUT2D eigenvalue weighted by molar-refractivity contribution is 0.0696. The highest BCUT2D eigenvalue weighted by atomic mass is 16.4. The van der Waals surface area contributed by atoms with Gasteiger partial charge in [-0.1, -0.05) is 26.7 Å². The zero-order chi connectivity index (χ0) is 17.0. The Hall–Kier alpha value is -2.04. The lowest BCUT2D eigenvalue weighted by atomic mass is 9.81. The van der Waals surface area contributed by atoms with Gasteiger partial charge in [-0.05, 0) is 42.9 Å². The lowest BCUT2D eigenvalue weighted by Gasteiger charge is -2.37. The molecule has 0 aliphatic carbocycles. The Labute approximate surface area is 136 Å². The van der Waals surface area contributed by atoms with Gasteiger partial charge < -0.3 is 15.1 Å². The normalized spacial score (nSPS) is 15.9. The van der Waals surface area contributed by atoms with E-state index in [0.717, 1.165) is 31.8 Å². The van der Waals surface area contributed by atoms with Crippen LogP contribution in [0.1, 0.15) is 60.2 Å². The van der Waals surface area contributed by atoms with Crippen molar-refractivity contribution in [1.29, 1.82) is 0 Å². The lowest BCUT2D eigenvalue weighted by Crippen LogP contribution is -2.36. The van der Waals surface area contributed by atoms with Gasteiger partial charge >= 0.3 is 11.9 Å². The predicted molar refractivity (Wildman–Crippen MR) is 89.4 cm³/mol. The van der Waals surface area contributed by atoms with Crippen LogP contribution < -0.4 is 4.90 Å². The molecule has 0 bridgehead atoms. The second kappa shape index (κ2) is 7.49. The molecule has 2 rings (SSSR count). The molecule has 0 atom stereocenters. The van der Waals surface area contributed by atoms with E-state index in [1.165, 1.54) is 25.0 Å². The number of aromatic carboxylic acids is 2. The Kier molecular flexibility index (Phi) is 5.64. The van der Waals surface area contributed by atoms with Gasteiger partial charge in [0.15, 0.2) is 0 Å². The number of carboxylic acids is 2. The topological polar surface area (TPSA) is 77.8 Å². The van der Waals surface area contributed by atoms with Crippen molar-refractivity contribution in [2.24, 2.45) is 11.8 Å². The molecule has 23 heavy (non-hydrogen) atoms. The molecule has 0 amide bonds. The highest BCUT2D eigenvalue weighted by Gasteiger charge is 2.27. The quantitative estimate of drug-likeness (QED) is 0.835. The maximum absolute atomic E-state index is 11.5. The molecular weight excluding hydrogens is 294 g/mol. The van der Waals surface area contributed by atoms with Crippen molar-refractivity contribution >= 4 is 17.6 Å². The van der Waals surface area contributed by atoms with Crippen molar-refractivity contribution in [2.45, 2.75) is 39.5 Å². The van der Waals surface area contributed by atoms with Crippen LogP contribution in [0.25, 0.3) is 0 Å². The second-order valence-corrected chi connectivity index (χ2v) is 6.24. The number of rotatable bonds is 6. The van der Waals surface area contributed by atoms with E-state index in [1.54, 1.807) is 6.07 Å². The van der Waals surface area contributed by atoms with Crippen LogP contribution in [-0.2, 0) is 0 Å². The van der Waals surface area contributed by atoms with Crippen molar-refractivity contribution in [3.63, 3.8) is 0 Å². The first kappa shape index (κ1) is 17.3. The minimum Gasteiger partial charge on any atom is -0.478 e. The third-order valence-corrected chi connectivity index (χ3v) is 5.07. The van der Waals surface area contributed by atoms with Crippen LogP contribution in [0, 0.1) is 11.8 Å². The maximum atomic E-state index is 11.5. The number of nitrogens with zero attached hydrogens (tertiary/aromatic N) is 1. The number of anilines is 1. The third kappa shape index (κ3) is 3.84. The molecule has 1 aromatic rings. The van der Waals surface area contributed by atoms with Crippen molar-refractivity contribution in [1.82, 2.24) is 0 Å². The Balaban J connectivity index is 2.17. The van der Waals surface area contributed by atoms with E-state index < -0.39 is 11.9 Å². The van der Waals surface area contributed by atoms with Gasteiger partial charge in [0.2, 0.25) is 0 Å². The molecule has 0 radical (unpaired) electrons. The van der Waals surface area contributed by atoms with Gasteiger partial charge in [-0.15, -0.1) is 0 Å². The largest absolute Gasteiger partial charge is 0.478 e. The minimum atomic E-state index is -1.11. The summed E-state index contributed by atoms with van der Waals surface area (Å²) in [6.07, 6.45) is 4.50. The van der Waals surface area contributed by atoms with Gasteiger partial charge in [0.1, 0.15) is 0 Å². The predicted octanol–water partition coefficient (Wildman–Crippen LogP) is 3.74. The molecule has 0 spiro atoms. The number of hydrogen-bond donors (Lipinski definition) is 2. The standard InChI is InChI=1S/C18H25NO4/c1-3-12(4-2)13-7-9-19(10-8-13)16-6-5-14(17(20)21)11-15(16)18(22)23/h5-6,11-13H,3-4,7-10H2,1-2H3,(H,20,21)(H,22,23). The van der Waals surface area contributed by atoms with Crippen LogP contribution >= 0.6 is 0 Å². The van der Waals surface area contributed by atoms with E-state index in [-0.39, 0.29) is 11.1 Å². The first-order valence-electron chi connectivity index (χ1n) is 8.33. The van der Waals surface area contributed by atoms with Gasteiger partial charge in [0, 0.05) is 13.1 Å². The fraction of sp³-hybridized carbons (Fsp3) is 0.556. The Morgan fingerprint density at radius 2 is 1.74 bits per heavy atom. The fourth-order valence-electron chi connectivity index (χ4n) is 3.68. The smallest absolute Gasteiger partial charge is 0.337 e. The molecule has 0 saturated carbocycles. The zero-order valence-electron chi connectivity index (χ0n) is 13.8. The zero-order valence-corrected chi connectivity index (χ0v) is 13.8. The number of piperidine rings is 1. The number of benzene rings is 1. The van der Waals surface area contributed by atoms with Crippen molar-refractivity contribution in [2.75, 3.05) is 18.0 Å². The molecule has 1 aromatic carbocycles. The highest BCUT2D eigenvalue weighted by molar-refractivity contribution is 5.98. The van der Waals surface area contributed by atoms with E-state index in [9.17, 15) is 14.7 Å². The summed E-state index contributed by atoms with van der Waals surface area (Å²) >= 11 is 0. The van der Waals surface area contributed by atoms with Gasteiger partial charge in [0.25, 0.3) is 0 Å². The van der Waals surface area contributed by atoms with Crippen LogP contribution in [0.15, 0.2) is 18.2 Å². The van der Waals surface area contributed by atoms with E-state index >= 15 is 0 Å². The maximum Gasteiger partial charge on any atom is 0.337 e. The van der Waals surface area contributed by atoms with Crippen LogP contribution in [0.5, 0.6) is 0 Å². The first-order valence-corrected chi connectivity index (χ1v) is 8.33. The summed E-state index contributed by atoms with van der Waals surface area (Å²) in [5.41, 5.74) is 0.717. The van der Waals surface area contributed by atoms with Crippen LogP contribution in [-0.4, -0.2) is 35.2 Å².